The van der Waals surface area contributed by atoms with Crippen molar-refractivity contribution in [2.45, 2.75) is 71.4 Å². The highest BCUT2D eigenvalue weighted by Crippen LogP contribution is 2.25. The number of carbonyl (C=O) groups excluding carboxylic acids is 3. The van der Waals surface area contributed by atoms with Crippen LogP contribution >= 0.6 is 0 Å². The van der Waals surface area contributed by atoms with Gasteiger partial charge in [-0.25, -0.2) is 5.43 Å². The van der Waals surface area contributed by atoms with E-state index in [1.807, 2.05) is 84.9 Å². The number of carbonyl (C=O) groups is 3. The summed E-state index contributed by atoms with van der Waals surface area (Å²) in [5.41, 5.74) is 5.10. The van der Waals surface area contributed by atoms with Crippen LogP contribution in [-0.4, -0.2) is 33.3 Å². The number of phenols is 1. The zero-order chi connectivity index (χ0) is 31.1. The molecule has 0 spiro atoms. The van der Waals surface area contributed by atoms with Crippen molar-refractivity contribution in [2.24, 2.45) is 5.10 Å². The average molecular weight is 592 g/mol. The molecule has 0 unspecified atom stereocenters. The SMILES string of the molecule is CCCCCCC(=O)C/C(CCC(=O)N(Cc1ccccc1)Cc1ccccc1)=N\NC(=O)c1cc2ccccc2cc1O. The van der Waals surface area contributed by atoms with E-state index in [1.165, 1.54) is 0 Å². The van der Waals surface area contributed by atoms with E-state index in [0.717, 1.165) is 47.6 Å². The molecular formula is C37H41N3O4. The summed E-state index contributed by atoms with van der Waals surface area (Å²) in [4.78, 5) is 41.3. The molecule has 0 saturated heterocycles. The molecule has 0 atom stereocenters. The van der Waals surface area contributed by atoms with Gasteiger partial charge in [0.2, 0.25) is 5.91 Å². The Labute approximate surface area is 259 Å². The second kappa shape index (κ2) is 16.8. The number of nitrogens with one attached hydrogen (secondary N) is 1. The summed E-state index contributed by atoms with van der Waals surface area (Å²) in [6.45, 7) is 3.03. The van der Waals surface area contributed by atoms with E-state index in [9.17, 15) is 19.5 Å². The van der Waals surface area contributed by atoms with Gasteiger partial charge in [0.1, 0.15) is 11.5 Å². The lowest BCUT2D eigenvalue weighted by Gasteiger charge is -2.23. The number of nitrogens with zero attached hydrogens (tertiary/aromatic N) is 2. The molecule has 7 nitrogen and oxygen atoms in total. The van der Waals surface area contributed by atoms with Crippen LogP contribution < -0.4 is 5.43 Å². The fourth-order valence-electron chi connectivity index (χ4n) is 5.10. The molecule has 0 aliphatic carbocycles. The molecule has 0 radical (unpaired) electrons. The van der Waals surface area contributed by atoms with E-state index in [4.69, 9.17) is 0 Å². The van der Waals surface area contributed by atoms with E-state index >= 15 is 0 Å². The molecule has 2 N–H and O–H groups in total. The molecule has 0 fully saturated rings. The molecule has 4 aromatic carbocycles. The Bertz CT molecular complexity index is 1530. The Hall–Kier alpha value is -4.78. The van der Waals surface area contributed by atoms with Gasteiger partial charge in [0.05, 0.1) is 5.56 Å². The summed E-state index contributed by atoms with van der Waals surface area (Å²) in [6, 6.07) is 30.3. The fourth-order valence-corrected chi connectivity index (χ4v) is 5.10. The highest BCUT2D eigenvalue weighted by molar-refractivity contribution is 6.05. The van der Waals surface area contributed by atoms with Crippen molar-refractivity contribution in [1.82, 2.24) is 10.3 Å². The highest BCUT2D eigenvalue weighted by atomic mass is 16.3. The number of unbranched alkanes of at least 4 members (excludes halogenated alkanes) is 3. The van der Waals surface area contributed by atoms with Crippen LogP contribution in [0.1, 0.15) is 79.8 Å². The molecule has 0 saturated carbocycles. The van der Waals surface area contributed by atoms with Gasteiger partial charge in [0, 0.05) is 38.1 Å². The van der Waals surface area contributed by atoms with Gasteiger partial charge in [-0.1, -0.05) is 111 Å². The second-order valence-electron chi connectivity index (χ2n) is 11.1. The monoisotopic (exact) mass is 591 g/mol. The lowest BCUT2D eigenvalue weighted by molar-refractivity contribution is -0.132. The molecule has 44 heavy (non-hydrogen) atoms. The highest BCUT2D eigenvalue weighted by Gasteiger charge is 2.18. The van der Waals surface area contributed by atoms with Crippen molar-refractivity contribution in [2.75, 3.05) is 0 Å². The molecule has 0 aliphatic rings. The Morgan fingerprint density at radius 2 is 1.32 bits per heavy atom. The number of hydrogen-bond donors (Lipinski definition) is 2. The van der Waals surface area contributed by atoms with E-state index in [-0.39, 0.29) is 42.3 Å². The summed E-state index contributed by atoms with van der Waals surface area (Å²) in [5, 5.41) is 16.4. The number of hydrazone groups is 1. The number of Topliss-reactive ketones (excluding diaryl/α,β-unsaturated/α-hetero) is 1. The summed E-state index contributed by atoms with van der Waals surface area (Å²) in [5.74, 6) is -0.778. The summed E-state index contributed by atoms with van der Waals surface area (Å²) in [6.07, 6.45) is 4.80. The first-order valence-corrected chi connectivity index (χ1v) is 15.4. The van der Waals surface area contributed by atoms with E-state index < -0.39 is 5.91 Å². The first kappa shape index (κ1) is 32.1. The molecule has 7 heteroatoms. The number of amides is 2. The van der Waals surface area contributed by atoms with Gasteiger partial charge in [0.25, 0.3) is 5.91 Å². The van der Waals surface area contributed by atoms with Crippen LogP contribution in [0.2, 0.25) is 0 Å². The van der Waals surface area contributed by atoms with Crippen LogP contribution in [0.5, 0.6) is 5.75 Å². The van der Waals surface area contributed by atoms with Crippen molar-refractivity contribution in [3.8, 4) is 5.75 Å². The molecule has 228 valence electrons. The molecule has 0 heterocycles. The van der Waals surface area contributed by atoms with Gasteiger partial charge in [-0.05, 0) is 46.9 Å². The van der Waals surface area contributed by atoms with E-state index in [0.29, 0.717) is 25.2 Å². The number of benzene rings is 4. The Balaban J connectivity index is 1.48. The zero-order valence-corrected chi connectivity index (χ0v) is 25.4. The number of ketones is 1. The third-order valence-corrected chi connectivity index (χ3v) is 7.55. The largest absolute Gasteiger partial charge is 0.507 e. The lowest BCUT2D eigenvalue weighted by atomic mass is 10.0. The molecule has 0 aliphatic heterocycles. The van der Waals surface area contributed by atoms with Gasteiger partial charge < -0.3 is 10.0 Å². The van der Waals surface area contributed by atoms with Gasteiger partial charge in [0.15, 0.2) is 0 Å². The molecule has 4 rings (SSSR count). The van der Waals surface area contributed by atoms with Crippen molar-refractivity contribution >= 4 is 34.1 Å². The first-order chi connectivity index (χ1) is 21.4. The summed E-state index contributed by atoms with van der Waals surface area (Å²) in [7, 11) is 0. The standard InChI is InChI=1S/C37H41N3O4/c1-2-3-4-11-20-33(41)25-32(38-39-37(44)34-23-30-18-12-13-19-31(30)24-35(34)42)21-22-36(43)40(26-28-14-7-5-8-15-28)27-29-16-9-6-10-17-29/h5-10,12-19,23-24,42H,2-4,11,20-22,25-27H2,1H3,(H,39,44)/b38-32-. The van der Waals surface area contributed by atoms with Gasteiger partial charge in [-0.3, -0.25) is 14.4 Å². The molecule has 2 amide bonds. The van der Waals surface area contributed by atoms with Crippen molar-refractivity contribution in [3.63, 3.8) is 0 Å². The van der Waals surface area contributed by atoms with Crippen LogP contribution in [0.25, 0.3) is 10.8 Å². The minimum absolute atomic E-state index is 0.0283. The van der Waals surface area contributed by atoms with Crippen molar-refractivity contribution in [3.05, 3.63) is 114 Å². The quantitative estimate of drug-likeness (QED) is 0.0797. The van der Waals surface area contributed by atoms with E-state index in [2.05, 4.69) is 17.5 Å². The minimum atomic E-state index is -0.581. The van der Waals surface area contributed by atoms with Gasteiger partial charge in [-0.2, -0.15) is 5.10 Å². The number of fused-ring (bicyclic) bond motifs is 1. The smallest absolute Gasteiger partial charge is 0.275 e. The average Bonchev–Trinajstić information content (AvgIpc) is 3.04. The number of phenolic OH excluding ortho intramolecular Hbond substituents is 1. The topological polar surface area (TPSA) is 99.1 Å². The van der Waals surface area contributed by atoms with Crippen LogP contribution in [0, 0.1) is 0 Å². The summed E-state index contributed by atoms with van der Waals surface area (Å²) < 4.78 is 0. The molecule has 4 aromatic rings. The van der Waals surface area contributed by atoms with Crippen LogP contribution in [0.3, 0.4) is 0 Å². The Kier molecular flexibility index (Phi) is 12.2. The molecular weight excluding hydrogens is 550 g/mol. The summed E-state index contributed by atoms with van der Waals surface area (Å²) >= 11 is 0. The van der Waals surface area contributed by atoms with Crippen molar-refractivity contribution < 1.29 is 19.5 Å². The number of aromatic hydroxyl groups is 1. The minimum Gasteiger partial charge on any atom is -0.507 e. The van der Waals surface area contributed by atoms with Crippen molar-refractivity contribution in [1.29, 1.82) is 0 Å². The van der Waals surface area contributed by atoms with Crippen LogP contribution in [0.4, 0.5) is 0 Å². The Morgan fingerprint density at radius 3 is 1.93 bits per heavy atom. The predicted octanol–water partition coefficient (Wildman–Crippen LogP) is 7.57. The lowest BCUT2D eigenvalue weighted by Crippen LogP contribution is -2.30. The van der Waals surface area contributed by atoms with E-state index in [1.54, 1.807) is 17.0 Å². The van der Waals surface area contributed by atoms with Gasteiger partial charge >= 0.3 is 0 Å². The maximum Gasteiger partial charge on any atom is 0.275 e. The molecule has 0 aromatic heterocycles. The third-order valence-electron chi connectivity index (χ3n) is 7.55. The maximum absolute atomic E-state index is 13.6. The fraction of sp³-hybridized carbons (Fsp3) is 0.297. The number of hydrogen-bond acceptors (Lipinski definition) is 5. The normalized spacial score (nSPS) is 11.3. The van der Waals surface area contributed by atoms with Gasteiger partial charge in [-0.15, -0.1) is 0 Å². The third kappa shape index (κ3) is 9.90. The molecule has 0 bridgehead atoms. The van der Waals surface area contributed by atoms with Crippen LogP contribution in [-0.2, 0) is 22.7 Å². The predicted molar refractivity (Wildman–Crippen MR) is 175 cm³/mol. The van der Waals surface area contributed by atoms with Crippen LogP contribution in [0.15, 0.2) is 102 Å². The number of rotatable bonds is 16. The Morgan fingerprint density at radius 1 is 0.727 bits per heavy atom. The second-order valence-corrected chi connectivity index (χ2v) is 11.1. The maximum atomic E-state index is 13.6. The first-order valence-electron chi connectivity index (χ1n) is 15.4. The zero-order valence-electron chi connectivity index (χ0n) is 25.4.